The Bertz CT molecular complexity index is 369. The molecule has 0 radical (unpaired) electrons. The Balaban J connectivity index is 2.20. The Labute approximate surface area is 102 Å². The number of hydrogen-bond acceptors (Lipinski definition) is 3. The molecule has 0 spiro atoms. The van der Waals surface area contributed by atoms with Crippen molar-refractivity contribution in [3.63, 3.8) is 0 Å². The zero-order chi connectivity index (χ0) is 12.3. The number of piperazine rings is 1. The number of para-hydroxylation sites is 1. The van der Waals surface area contributed by atoms with Gasteiger partial charge in [0.1, 0.15) is 5.82 Å². The zero-order valence-corrected chi connectivity index (χ0v) is 10.3. The number of benzene rings is 1. The lowest BCUT2D eigenvalue weighted by molar-refractivity contribution is 0.260. The van der Waals surface area contributed by atoms with Gasteiger partial charge in [0.25, 0.3) is 0 Å². The number of rotatable bonds is 3. The Hall–Kier alpha value is -1.13. The standard InChI is InChI=1S/C13H20FN3/c1-16-8-9-17(11(10-16)6-7-15)13-5-3-2-4-12(13)14/h2-5,11H,6-10,15H2,1H3. The molecule has 0 saturated carbocycles. The minimum absolute atomic E-state index is 0.140. The van der Waals surface area contributed by atoms with Crippen molar-refractivity contribution in [3.8, 4) is 0 Å². The first-order valence-corrected chi connectivity index (χ1v) is 6.12. The highest BCUT2D eigenvalue weighted by molar-refractivity contribution is 5.49. The lowest BCUT2D eigenvalue weighted by Crippen LogP contribution is -2.52. The molecule has 17 heavy (non-hydrogen) atoms. The average Bonchev–Trinajstić information content (AvgIpc) is 2.31. The monoisotopic (exact) mass is 237 g/mol. The van der Waals surface area contributed by atoms with Crippen molar-refractivity contribution in [2.45, 2.75) is 12.5 Å². The molecule has 1 aliphatic rings. The molecule has 94 valence electrons. The van der Waals surface area contributed by atoms with Crippen molar-refractivity contribution in [2.75, 3.05) is 38.1 Å². The van der Waals surface area contributed by atoms with E-state index in [4.69, 9.17) is 5.73 Å². The predicted molar refractivity (Wildman–Crippen MR) is 68.7 cm³/mol. The lowest BCUT2D eigenvalue weighted by Gasteiger charge is -2.41. The summed E-state index contributed by atoms with van der Waals surface area (Å²) >= 11 is 0. The highest BCUT2D eigenvalue weighted by Crippen LogP contribution is 2.24. The van der Waals surface area contributed by atoms with Crippen LogP contribution in [0.15, 0.2) is 24.3 Å². The van der Waals surface area contributed by atoms with Gasteiger partial charge in [0.2, 0.25) is 0 Å². The molecule has 1 aromatic rings. The van der Waals surface area contributed by atoms with Crippen LogP contribution in [0, 0.1) is 5.82 Å². The predicted octanol–water partition coefficient (Wildman–Crippen LogP) is 1.29. The van der Waals surface area contributed by atoms with E-state index in [1.165, 1.54) is 6.07 Å². The number of nitrogens with zero attached hydrogens (tertiary/aromatic N) is 2. The van der Waals surface area contributed by atoms with Crippen LogP contribution < -0.4 is 10.6 Å². The molecule has 1 atom stereocenters. The summed E-state index contributed by atoms with van der Waals surface area (Å²) in [6.45, 7) is 3.42. The van der Waals surface area contributed by atoms with Crippen molar-refractivity contribution in [3.05, 3.63) is 30.1 Å². The fraction of sp³-hybridized carbons (Fsp3) is 0.538. The molecule has 0 aromatic heterocycles. The minimum atomic E-state index is -0.140. The molecule has 0 amide bonds. The van der Waals surface area contributed by atoms with E-state index >= 15 is 0 Å². The third-order valence-electron chi connectivity index (χ3n) is 3.35. The minimum Gasteiger partial charge on any atom is -0.364 e. The van der Waals surface area contributed by atoms with Gasteiger partial charge < -0.3 is 15.5 Å². The first-order valence-electron chi connectivity index (χ1n) is 6.12. The Kier molecular flexibility index (Phi) is 3.97. The average molecular weight is 237 g/mol. The van der Waals surface area contributed by atoms with Gasteiger partial charge >= 0.3 is 0 Å². The number of hydrogen-bond donors (Lipinski definition) is 1. The van der Waals surface area contributed by atoms with Gasteiger partial charge in [-0.2, -0.15) is 0 Å². The largest absolute Gasteiger partial charge is 0.364 e. The second kappa shape index (κ2) is 5.47. The maximum atomic E-state index is 13.8. The van der Waals surface area contributed by atoms with Crippen molar-refractivity contribution in [1.29, 1.82) is 0 Å². The van der Waals surface area contributed by atoms with Gasteiger partial charge in [-0.25, -0.2) is 4.39 Å². The maximum Gasteiger partial charge on any atom is 0.146 e. The van der Waals surface area contributed by atoms with Gasteiger partial charge in [-0.15, -0.1) is 0 Å². The number of likely N-dealkylation sites (N-methyl/N-ethyl adjacent to an activating group) is 1. The summed E-state index contributed by atoms with van der Waals surface area (Å²) in [6.07, 6.45) is 0.901. The topological polar surface area (TPSA) is 32.5 Å². The van der Waals surface area contributed by atoms with Crippen LogP contribution in [0.3, 0.4) is 0 Å². The van der Waals surface area contributed by atoms with Crippen molar-refractivity contribution < 1.29 is 4.39 Å². The first-order chi connectivity index (χ1) is 8.22. The third-order valence-corrected chi connectivity index (χ3v) is 3.35. The van der Waals surface area contributed by atoms with E-state index in [1.807, 2.05) is 12.1 Å². The van der Waals surface area contributed by atoms with Crippen LogP contribution in [0.5, 0.6) is 0 Å². The SMILES string of the molecule is CN1CCN(c2ccccc2F)C(CCN)C1. The summed E-state index contributed by atoms with van der Waals surface area (Å²) in [5.41, 5.74) is 6.35. The van der Waals surface area contributed by atoms with E-state index < -0.39 is 0 Å². The van der Waals surface area contributed by atoms with E-state index in [0.717, 1.165) is 26.1 Å². The normalized spacial score (nSPS) is 21.8. The lowest BCUT2D eigenvalue weighted by atomic mass is 10.1. The molecule has 1 aromatic carbocycles. The summed E-state index contributed by atoms with van der Waals surface area (Å²) in [5.74, 6) is -0.140. The fourth-order valence-electron chi connectivity index (χ4n) is 2.45. The van der Waals surface area contributed by atoms with Gasteiger partial charge in [0, 0.05) is 25.7 Å². The molecule has 1 aliphatic heterocycles. The van der Waals surface area contributed by atoms with E-state index in [2.05, 4.69) is 16.8 Å². The molecular weight excluding hydrogens is 217 g/mol. The number of nitrogens with two attached hydrogens (primary N) is 1. The van der Waals surface area contributed by atoms with E-state index in [-0.39, 0.29) is 5.82 Å². The molecule has 1 fully saturated rings. The molecule has 1 heterocycles. The summed E-state index contributed by atoms with van der Waals surface area (Å²) in [5, 5.41) is 0. The van der Waals surface area contributed by atoms with Crippen LogP contribution in [0.1, 0.15) is 6.42 Å². The molecular formula is C13H20FN3. The van der Waals surface area contributed by atoms with Crippen molar-refractivity contribution in [1.82, 2.24) is 4.90 Å². The Morgan fingerprint density at radius 2 is 2.12 bits per heavy atom. The molecule has 3 nitrogen and oxygen atoms in total. The summed E-state index contributed by atoms with van der Waals surface area (Å²) in [4.78, 5) is 4.43. The van der Waals surface area contributed by atoms with Crippen LogP contribution in [-0.4, -0.2) is 44.2 Å². The molecule has 1 saturated heterocycles. The Morgan fingerprint density at radius 1 is 1.35 bits per heavy atom. The molecule has 1 unspecified atom stereocenters. The van der Waals surface area contributed by atoms with Crippen LogP contribution >= 0.6 is 0 Å². The quantitative estimate of drug-likeness (QED) is 0.860. The summed E-state index contributed by atoms with van der Waals surface area (Å²) < 4.78 is 13.8. The second-order valence-electron chi connectivity index (χ2n) is 4.64. The van der Waals surface area contributed by atoms with Gasteiger partial charge in [0.05, 0.1) is 5.69 Å². The van der Waals surface area contributed by atoms with Gasteiger partial charge in [-0.3, -0.25) is 0 Å². The van der Waals surface area contributed by atoms with Crippen LogP contribution in [0.2, 0.25) is 0 Å². The molecule has 0 bridgehead atoms. The first kappa shape index (κ1) is 12.3. The third kappa shape index (κ3) is 2.76. The fourth-order valence-corrected chi connectivity index (χ4v) is 2.45. The molecule has 2 rings (SSSR count). The van der Waals surface area contributed by atoms with Crippen LogP contribution in [0.4, 0.5) is 10.1 Å². The molecule has 0 aliphatic carbocycles. The van der Waals surface area contributed by atoms with E-state index in [9.17, 15) is 4.39 Å². The molecule has 2 N–H and O–H groups in total. The Morgan fingerprint density at radius 3 is 2.82 bits per heavy atom. The summed E-state index contributed by atoms with van der Waals surface area (Å²) in [7, 11) is 2.10. The number of halogens is 1. The maximum absolute atomic E-state index is 13.8. The highest BCUT2D eigenvalue weighted by Gasteiger charge is 2.26. The summed E-state index contributed by atoms with van der Waals surface area (Å²) in [6, 6.07) is 7.30. The van der Waals surface area contributed by atoms with E-state index in [1.54, 1.807) is 6.07 Å². The van der Waals surface area contributed by atoms with Crippen LogP contribution in [0.25, 0.3) is 0 Å². The van der Waals surface area contributed by atoms with Gasteiger partial charge in [-0.1, -0.05) is 12.1 Å². The van der Waals surface area contributed by atoms with Crippen LogP contribution in [-0.2, 0) is 0 Å². The highest BCUT2D eigenvalue weighted by atomic mass is 19.1. The number of anilines is 1. The van der Waals surface area contributed by atoms with E-state index in [0.29, 0.717) is 18.3 Å². The smallest absolute Gasteiger partial charge is 0.146 e. The zero-order valence-electron chi connectivity index (χ0n) is 10.3. The van der Waals surface area contributed by atoms with Crippen molar-refractivity contribution in [2.24, 2.45) is 5.73 Å². The van der Waals surface area contributed by atoms with Crippen molar-refractivity contribution >= 4 is 5.69 Å². The van der Waals surface area contributed by atoms with Gasteiger partial charge in [0.15, 0.2) is 0 Å². The molecule has 4 heteroatoms. The van der Waals surface area contributed by atoms with Gasteiger partial charge in [-0.05, 0) is 32.1 Å². The second-order valence-corrected chi connectivity index (χ2v) is 4.64.